The second-order valence-electron chi connectivity index (χ2n) is 8.33. The number of rotatable bonds is 3. The first-order valence-corrected chi connectivity index (χ1v) is 10.00. The number of pyridine rings is 1. The van der Waals surface area contributed by atoms with Crippen LogP contribution < -0.4 is 20.7 Å². The van der Waals surface area contributed by atoms with E-state index in [4.69, 9.17) is 9.47 Å². The van der Waals surface area contributed by atoms with E-state index in [1.165, 1.54) is 7.05 Å². The van der Waals surface area contributed by atoms with E-state index < -0.39 is 23.8 Å². The first-order chi connectivity index (χ1) is 14.2. The summed E-state index contributed by atoms with van der Waals surface area (Å²) < 4.78 is 11.0. The van der Waals surface area contributed by atoms with E-state index >= 15 is 0 Å². The third kappa shape index (κ3) is 5.03. The Balaban J connectivity index is 1.62. The van der Waals surface area contributed by atoms with E-state index in [0.717, 1.165) is 12.8 Å². The highest BCUT2D eigenvalue weighted by Crippen LogP contribution is 2.36. The number of piperidine rings is 1. The summed E-state index contributed by atoms with van der Waals surface area (Å²) in [6, 6.07) is 4.67. The van der Waals surface area contributed by atoms with E-state index in [9.17, 15) is 14.9 Å². The molecule has 3 heterocycles. The first-order valence-electron chi connectivity index (χ1n) is 10.00. The monoisotopic (exact) mass is 416 g/mol. The van der Waals surface area contributed by atoms with Crippen molar-refractivity contribution in [3.63, 3.8) is 0 Å². The molecule has 162 valence electrons. The van der Waals surface area contributed by atoms with Crippen LogP contribution >= 0.6 is 0 Å². The fraction of sp³-hybridized carbons (Fsp3) is 0.600. The van der Waals surface area contributed by atoms with Gasteiger partial charge in [0.05, 0.1) is 0 Å². The summed E-state index contributed by atoms with van der Waals surface area (Å²) in [7, 11) is 1.50. The highest BCUT2D eigenvalue weighted by atomic mass is 16.6. The van der Waals surface area contributed by atoms with Gasteiger partial charge in [-0.15, -0.1) is 0 Å². The van der Waals surface area contributed by atoms with Gasteiger partial charge in [-0.05, 0) is 45.7 Å². The van der Waals surface area contributed by atoms with Gasteiger partial charge < -0.3 is 30.3 Å². The molecule has 2 unspecified atom stereocenters. The van der Waals surface area contributed by atoms with Gasteiger partial charge in [0.2, 0.25) is 6.10 Å². The van der Waals surface area contributed by atoms with Crippen LogP contribution in [0.3, 0.4) is 0 Å². The van der Waals surface area contributed by atoms with Crippen LogP contribution in [0.5, 0.6) is 5.75 Å². The number of anilines is 1. The number of aromatic nitrogens is 1. The standard InChI is InChI=1S/C20H28N6O4/c1-20(2,3)30-19(28)26-9-7-12(8-10-26)23-15-6-5-13-16(24-15)17(14(11-21)29-13)25-18(27)22-4/h5-6,12,14,17H,7-10H2,1-4H3,(H,23,24)(H2,22,25,27). The topological polar surface area (TPSA) is 129 Å². The maximum Gasteiger partial charge on any atom is 0.410 e. The van der Waals surface area contributed by atoms with Gasteiger partial charge >= 0.3 is 12.1 Å². The molecule has 30 heavy (non-hydrogen) atoms. The third-order valence-corrected chi connectivity index (χ3v) is 4.88. The SMILES string of the molecule is CNC(=O)NC1c2nc(NC3CCN(C(=O)OC(C)(C)C)CC3)ccc2OC1C#N. The summed E-state index contributed by atoms with van der Waals surface area (Å²) in [6.45, 7) is 6.75. The Morgan fingerprint density at radius 1 is 1.30 bits per heavy atom. The summed E-state index contributed by atoms with van der Waals surface area (Å²) in [5, 5.41) is 17.9. The van der Waals surface area contributed by atoms with Gasteiger partial charge in [0.1, 0.15) is 35.0 Å². The number of ether oxygens (including phenoxy) is 2. The Morgan fingerprint density at radius 3 is 2.60 bits per heavy atom. The molecule has 1 aromatic rings. The van der Waals surface area contributed by atoms with E-state index in [0.29, 0.717) is 30.4 Å². The van der Waals surface area contributed by atoms with Crippen molar-refractivity contribution in [3.05, 3.63) is 17.8 Å². The summed E-state index contributed by atoms with van der Waals surface area (Å²) in [4.78, 5) is 30.2. The number of amides is 3. The summed E-state index contributed by atoms with van der Waals surface area (Å²) >= 11 is 0. The number of nitriles is 1. The molecule has 1 aromatic heterocycles. The van der Waals surface area contributed by atoms with Crippen LogP contribution in [0.25, 0.3) is 0 Å². The number of urea groups is 1. The van der Waals surface area contributed by atoms with E-state index in [1.54, 1.807) is 17.0 Å². The highest BCUT2D eigenvalue weighted by Gasteiger charge is 2.37. The number of carbonyl (C=O) groups is 2. The lowest BCUT2D eigenvalue weighted by Crippen LogP contribution is -2.44. The number of carbonyl (C=O) groups excluding carboxylic acids is 2. The normalized spacial score (nSPS) is 21.1. The Morgan fingerprint density at radius 2 is 2.00 bits per heavy atom. The van der Waals surface area contributed by atoms with Crippen molar-refractivity contribution in [1.82, 2.24) is 20.5 Å². The van der Waals surface area contributed by atoms with E-state index in [2.05, 4.69) is 20.9 Å². The van der Waals surface area contributed by atoms with Crippen molar-refractivity contribution in [3.8, 4) is 11.8 Å². The van der Waals surface area contributed by atoms with Crippen molar-refractivity contribution in [2.75, 3.05) is 25.5 Å². The molecular weight excluding hydrogens is 388 g/mol. The largest absolute Gasteiger partial charge is 0.471 e. The number of nitrogens with zero attached hydrogens (tertiary/aromatic N) is 3. The van der Waals surface area contributed by atoms with Gasteiger partial charge in [-0.3, -0.25) is 0 Å². The average Bonchev–Trinajstić information content (AvgIpc) is 3.04. The summed E-state index contributed by atoms with van der Waals surface area (Å²) in [5.74, 6) is 1.11. The lowest BCUT2D eigenvalue weighted by atomic mass is 10.1. The molecule has 3 rings (SSSR count). The summed E-state index contributed by atoms with van der Waals surface area (Å²) in [6.07, 6.45) is 0.390. The average molecular weight is 416 g/mol. The molecule has 0 radical (unpaired) electrons. The third-order valence-electron chi connectivity index (χ3n) is 4.88. The van der Waals surface area contributed by atoms with Crippen molar-refractivity contribution < 1.29 is 19.1 Å². The van der Waals surface area contributed by atoms with Gasteiger partial charge in [0, 0.05) is 26.2 Å². The Kier molecular flexibility index (Phi) is 6.20. The molecule has 3 N–H and O–H groups in total. The molecule has 0 spiro atoms. The van der Waals surface area contributed by atoms with E-state index in [-0.39, 0.29) is 12.1 Å². The fourth-order valence-electron chi connectivity index (χ4n) is 3.41. The lowest BCUT2D eigenvalue weighted by Gasteiger charge is -2.34. The fourth-order valence-corrected chi connectivity index (χ4v) is 3.41. The van der Waals surface area contributed by atoms with Crippen LogP contribution in [0.4, 0.5) is 15.4 Å². The molecule has 2 aliphatic heterocycles. The molecule has 10 heteroatoms. The predicted octanol–water partition coefficient (Wildman–Crippen LogP) is 2.15. The number of nitrogens with one attached hydrogen (secondary N) is 3. The Labute approximate surface area is 175 Å². The number of hydrogen-bond acceptors (Lipinski definition) is 7. The molecule has 0 aromatic carbocycles. The molecule has 2 aliphatic rings. The molecule has 3 amide bonds. The van der Waals surface area contributed by atoms with E-state index in [1.807, 2.05) is 26.8 Å². The zero-order valence-electron chi connectivity index (χ0n) is 17.7. The van der Waals surface area contributed by atoms with Gasteiger partial charge in [-0.2, -0.15) is 5.26 Å². The van der Waals surface area contributed by atoms with Gasteiger partial charge in [0.15, 0.2) is 0 Å². The van der Waals surface area contributed by atoms with Crippen LogP contribution in [0, 0.1) is 11.3 Å². The quantitative estimate of drug-likeness (QED) is 0.688. The number of hydrogen-bond donors (Lipinski definition) is 3. The molecule has 0 aliphatic carbocycles. The van der Waals surface area contributed by atoms with Gasteiger partial charge in [0.25, 0.3) is 0 Å². The van der Waals surface area contributed by atoms with Crippen LogP contribution in [-0.4, -0.2) is 59.9 Å². The minimum atomic E-state index is -0.836. The Hall–Kier alpha value is -3.22. The predicted molar refractivity (Wildman–Crippen MR) is 109 cm³/mol. The second kappa shape index (κ2) is 8.65. The van der Waals surface area contributed by atoms with Crippen molar-refractivity contribution in [2.24, 2.45) is 0 Å². The Bertz CT molecular complexity index is 839. The molecule has 0 saturated carbocycles. The second-order valence-corrected chi connectivity index (χ2v) is 8.33. The first kappa shape index (κ1) is 21.5. The van der Waals surface area contributed by atoms with Crippen molar-refractivity contribution in [2.45, 2.75) is 57.4 Å². The highest BCUT2D eigenvalue weighted by molar-refractivity contribution is 5.74. The minimum absolute atomic E-state index is 0.147. The zero-order valence-corrected chi connectivity index (χ0v) is 17.7. The van der Waals surface area contributed by atoms with Gasteiger partial charge in [-0.1, -0.05) is 0 Å². The number of likely N-dealkylation sites (tertiary alicyclic amines) is 1. The smallest absolute Gasteiger partial charge is 0.410 e. The molecule has 1 fully saturated rings. The molecule has 0 bridgehead atoms. The minimum Gasteiger partial charge on any atom is -0.471 e. The van der Waals surface area contributed by atoms with Gasteiger partial charge in [-0.25, -0.2) is 14.6 Å². The molecule has 2 atom stereocenters. The van der Waals surface area contributed by atoms with Crippen LogP contribution in [0.1, 0.15) is 45.3 Å². The van der Waals surface area contributed by atoms with Crippen molar-refractivity contribution in [1.29, 1.82) is 5.26 Å². The number of fused-ring (bicyclic) bond motifs is 1. The molecule has 1 saturated heterocycles. The maximum atomic E-state index is 12.2. The molecular formula is C20H28N6O4. The van der Waals surface area contributed by atoms with Crippen LogP contribution in [0.2, 0.25) is 0 Å². The maximum absolute atomic E-state index is 12.2. The van der Waals surface area contributed by atoms with Crippen LogP contribution in [-0.2, 0) is 4.74 Å². The zero-order chi connectivity index (χ0) is 21.9. The summed E-state index contributed by atoms with van der Waals surface area (Å²) in [5.41, 5.74) is 0.00435. The van der Waals surface area contributed by atoms with Crippen LogP contribution in [0.15, 0.2) is 12.1 Å². The lowest BCUT2D eigenvalue weighted by molar-refractivity contribution is 0.0210. The molecule has 10 nitrogen and oxygen atoms in total. The van der Waals surface area contributed by atoms with Crippen molar-refractivity contribution >= 4 is 17.9 Å².